The zero-order chi connectivity index (χ0) is 20.9. The third-order valence-electron chi connectivity index (χ3n) is 4.59. The van der Waals surface area contributed by atoms with Crippen LogP contribution in [0, 0.1) is 11.3 Å². The van der Waals surface area contributed by atoms with Crippen LogP contribution in [0.4, 0.5) is 5.69 Å². The fraction of sp³-hybridized carbons (Fsp3) is 0.286. The molecule has 3 aromatic rings. The average molecular weight is 424 g/mol. The van der Waals surface area contributed by atoms with Crippen LogP contribution in [-0.2, 0) is 4.79 Å². The van der Waals surface area contributed by atoms with Gasteiger partial charge in [-0.25, -0.2) is 4.98 Å². The minimum Gasteiger partial charge on any atom is -0.497 e. The monoisotopic (exact) mass is 424 g/mol. The normalized spacial score (nSPS) is 12.4. The number of amides is 1. The van der Waals surface area contributed by atoms with Gasteiger partial charge in [-0.15, -0.1) is 0 Å². The summed E-state index contributed by atoms with van der Waals surface area (Å²) >= 11 is 1.32. The Kier molecular flexibility index (Phi) is 5.95. The van der Waals surface area contributed by atoms with Gasteiger partial charge in [0.25, 0.3) is 0 Å². The number of rotatable bonds is 7. The summed E-state index contributed by atoms with van der Waals surface area (Å²) in [5.41, 5.74) is 2.32. The second kappa shape index (κ2) is 8.97. The molecule has 0 saturated carbocycles. The van der Waals surface area contributed by atoms with Crippen molar-refractivity contribution in [2.75, 3.05) is 37.5 Å². The van der Waals surface area contributed by atoms with E-state index in [1.54, 1.807) is 30.2 Å². The third-order valence-corrected chi connectivity index (χ3v) is 5.44. The number of benzene rings is 2. The number of carbonyl (C=O) groups is 1. The average Bonchev–Trinajstić information content (AvgIpc) is 3.20. The molecule has 154 valence electrons. The van der Waals surface area contributed by atoms with Crippen molar-refractivity contribution in [3.8, 4) is 23.3 Å². The number of anilines is 1. The minimum absolute atomic E-state index is 0.120. The standard InChI is InChI=1S/C21H20N4O4S/c1-27-15-4-5-16-17(12-15)24-21(23-16)30-13-20(26)25(8-2-7-22)14-3-6-18-19(11-14)29-10-9-28-18/h3-6,11-12H,2,8-10,13H2,1H3,(H,23,24). The fourth-order valence-electron chi connectivity index (χ4n) is 3.13. The Morgan fingerprint density at radius 1 is 1.27 bits per heavy atom. The zero-order valence-electron chi connectivity index (χ0n) is 16.4. The van der Waals surface area contributed by atoms with E-state index in [9.17, 15) is 4.79 Å². The maximum atomic E-state index is 13.0. The van der Waals surface area contributed by atoms with Crippen molar-refractivity contribution >= 4 is 34.4 Å². The van der Waals surface area contributed by atoms with E-state index < -0.39 is 0 Å². The quantitative estimate of drug-likeness (QED) is 0.580. The first-order valence-corrected chi connectivity index (χ1v) is 10.4. The number of nitriles is 1. The molecule has 1 aliphatic rings. The van der Waals surface area contributed by atoms with Gasteiger partial charge in [0.05, 0.1) is 36.4 Å². The summed E-state index contributed by atoms with van der Waals surface area (Å²) < 4.78 is 16.4. The fourth-order valence-corrected chi connectivity index (χ4v) is 3.89. The first-order chi connectivity index (χ1) is 14.7. The lowest BCUT2D eigenvalue weighted by atomic mass is 10.2. The number of nitrogens with zero attached hydrogens (tertiary/aromatic N) is 3. The molecule has 0 atom stereocenters. The van der Waals surface area contributed by atoms with Crippen LogP contribution >= 0.6 is 11.8 Å². The largest absolute Gasteiger partial charge is 0.497 e. The second-order valence-electron chi connectivity index (χ2n) is 6.50. The Morgan fingerprint density at radius 3 is 2.90 bits per heavy atom. The summed E-state index contributed by atoms with van der Waals surface area (Å²) in [7, 11) is 1.61. The number of carbonyl (C=O) groups excluding carboxylic acids is 1. The van der Waals surface area contributed by atoms with E-state index in [-0.39, 0.29) is 18.1 Å². The van der Waals surface area contributed by atoms with Gasteiger partial charge in [0, 0.05) is 24.4 Å². The van der Waals surface area contributed by atoms with E-state index >= 15 is 0 Å². The van der Waals surface area contributed by atoms with Crippen LogP contribution in [0.3, 0.4) is 0 Å². The Morgan fingerprint density at radius 2 is 2.10 bits per heavy atom. The lowest BCUT2D eigenvalue weighted by Crippen LogP contribution is -2.33. The molecular formula is C21H20N4O4S. The number of hydrogen-bond acceptors (Lipinski definition) is 7. The van der Waals surface area contributed by atoms with Gasteiger partial charge >= 0.3 is 0 Å². The van der Waals surface area contributed by atoms with Crippen molar-refractivity contribution in [3.63, 3.8) is 0 Å². The molecule has 1 amide bonds. The number of aromatic nitrogens is 2. The predicted octanol–water partition coefficient (Wildman–Crippen LogP) is 3.38. The van der Waals surface area contributed by atoms with Gasteiger partial charge in [0.15, 0.2) is 16.7 Å². The van der Waals surface area contributed by atoms with E-state index in [0.717, 1.165) is 16.8 Å². The summed E-state index contributed by atoms with van der Waals surface area (Å²) in [6, 6.07) is 13.0. The van der Waals surface area contributed by atoms with E-state index in [0.29, 0.717) is 42.1 Å². The number of aromatic amines is 1. The Balaban J connectivity index is 1.49. The molecule has 1 aromatic heterocycles. The van der Waals surface area contributed by atoms with E-state index in [1.807, 2.05) is 18.2 Å². The van der Waals surface area contributed by atoms with Crippen LogP contribution < -0.4 is 19.1 Å². The molecule has 0 aliphatic carbocycles. The predicted molar refractivity (Wildman–Crippen MR) is 113 cm³/mol. The van der Waals surface area contributed by atoms with E-state index in [1.165, 1.54) is 11.8 Å². The number of fused-ring (bicyclic) bond motifs is 2. The highest BCUT2D eigenvalue weighted by Gasteiger charge is 2.20. The number of thioether (sulfide) groups is 1. The highest BCUT2D eigenvalue weighted by molar-refractivity contribution is 7.99. The third kappa shape index (κ3) is 4.28. The minimum atomic E-state index is -0.120. The van der Waals surface area contributed by atoms with Gasteiger partial charge in [0.2, 0.25) is 5.91 Å². The number of H-pyrrole nitrogens is 1. The van der Waals surface area contributed by atoms with E-state index in [4.69, 9.17) is 19.5 Å². The number of nitrogens with one attached hydrogen (secondary N) is 1. The Hall–Kier alpha value is -3.38. The van der Waals surface area contributed by atoms with Crippen LogP contribution in [0.2, 0.25) is 0 Å². The number of methoxy groups -OCH3 is 1. The van der Waals surface area contributed by atoms with Gasteiger partial charge < -0.3 is 24.1 Å². The molecule has 30 heavy (non-hydrogen) atoms. The Bertz CT molecular complexity index is 1110. The van der Waals surface area contributed by atoms with Crippen LogP contribution in [0.5, 0.6) is 17.2 Å². The highest BCUT2D eigenvalue weighted by atomic mass is 32.2. The summed E-state index contributed by atoms with van der Waals surface area (Å²) in [6.07, 6.45) is 0.231. The number of hydrogen-bond donors (Lipinski definition) is 1. The molecule has 4 rings (SSSR count). The summed E-state index contributed by atoms with van der Waals surface area (Å²) in [5, 5.41) is 9.65. The molecule has 1 N–H and O–H groups in total. The molecule has 2 aromatic carbocycles. The molecule has 8 nitrogen and oxygen atoms in total. The molecule has 0 saturated heterocycles. The SMILES string of the molecule is COc1ccc2nc(SCC(=O)N(CCC#N)c3ccc4c(c3)OCCO4)[nH]c2c1. The smallest absolute Gasteiger partial charge is 0.237 e. The van der Waals surface area contributed by atoms with Crippen LogP contribution in [-0.4, -0.2) is 48.5 Å². The molecule has 0 unspecified atom stereocenters. The first kappa shape index (κ1) is 19.9. The van der Waals surface area contributed by atoms with Gasteiger partial charge in [-0.2, -0.15) is 5.26 Å². The van der Waals surface area contributed by atoms with Crippen LogP contribution in [0.15, 0.2) is 41.6 Å². The van der Waals surface area contributed by atoms with Crippen LogP contribution in [0.25, 0.3) is 11.0 Å². The molecule has 0 spiro atoms. The zero-order valence-corrected chi connectivity index (χ0v) is 17.2. The number of imidazole rings is 1. The van der Waals surface area contributed by atoms with Gasteiger partial charge in [-0.05, 0) is 24.3 Å². The van der Waals surface area contributed by atoms with Gasteiger partial charge in [0.1, 0.15) is 19.0 Å². The summed E-state index contributed by atoms with van der Waals surface area (Å²) in [6.45, 7) is 1.27. The molecule has 9 heteroatoms. The second-order valence-corrected chi connectivity index (χ2v) is 7.46. The molecule has 0 radical (unpaired) electrons. The van der Waals surface area contributed by atoms with Crippen LogP contribution in [0.1, 0.15) is 6.42 Å². The topological polar surface area (TPSA) is 100 Å². The lowest BCUT2D eigenvalue weighted by molar-refractivity contribution is -0.116. The lowest BCUT2D eigenvalue weighted by Gasteiger charge is -2.24. The van der Waals surface area contributed by atoms with Crippen molar-refractivity contribution in [1.29, 1.82) is 5.26 Å². The first-order valence-electron chi connectivity index (χ1n) is 9.41. The van der Waals surface area contributed by atoms with Crippen molar-refractivity contribution in [2.45, 2.75) is 11.6 Å². The number of ether oxygens (including phenoxy) is 3. The van der Waals surface area contributed by atoms with Crippen molar-refractivity contribution < 1.29 is 19.0 Å². The van der Waals surface area contributed by atoms with Gasteiger partial charge in [-0.1, -0.05) is 11.8 Å². The highest BCUT2D eigenvalue weighted by Crippen LogP contribution is 2.34. The molecule has 1 aliphatic heterocycles. The molecule has 2 heterocycles. The Labute approximate surface area is 177 Å². The summed E-state index contributed by atoms with van der Waals surface area (Å²) in [4.78, 5) is 22.3. The molecular weight excluding hydrogens is 404 g/mol. The van der Waals surface area contributed by atoms with Crippen molar-refractivity contribution in [3.05, 3.63) is 36.4 Å². The van der Waals surface area contributed by atoms with Gasteiger partial charge in [-0.3, -0.25) is 4.79 Å². The molecule has 0 bridgehead atoms. The summed E-state index contributed by atoms with van der Waals surface area (Å²) in [5.74, 6) is 2.05. The maximum absolute atomic E-state index is 13.0. The van der Waals surface area contributed by atoms with E-state index in [2.05, 4.69) is 16.0 Å². The maximum Gasteiger partial charge on any atom is 0.237 e. The van der Waals surface area contributed by atoms with Crippen molar-refractivity contribution in [2.24, 2.45) is 0 Å². The molecule has 0 fully saturated rings. The van der Waals surface area contributed by atoms with Crippen molar-refractivity contribution in [1.82, 2.24) is 9.97 Å².